The van der Waals surface area contributed by atoms with Gasteiger partial charge in [0.1, 0.15) is 12.0 Å². The Morgan fingerprint density at radius 3 is 2.53 bits per heavy atom. The minimum Gasteiger partial charge on any atom is -0.330 e. The van der Waals surface area contributed by atoms with E-state index in [2.05, 4.69) is 22.2 Å². The molecule has 0 bridgehead atoms. The third kappa shape index (κ3) is 5.30. The molecule has 7 heteroatoms. The Hall–Kier alpha value is -0.910. The monoisotopic (exact) mass is 304 g/mol. The van der Waals surface area contributed by atoms with Crippen LogP contribution in [0.3, 0.4) is 0 Å². The van der Waals surface area contributed by atoms with Gasteiger partial charge in [-0.05, 0) is 25.3 Å². The molecule has 1 atom stereocenters. The summed E-state index contributed by atoms with van der Waals surface area (Å²) in [5, 5.41) is 2.92. The quantitative estimate of drug-likeness (QED) is 0.759. The van der Waals surface area contributed by atoms with Gasteiger partial charge in [0.05, 0.1) is 0 Å². The summed E-state index contributed by atoms with van der Waals surface area (Å²) in [6, 6.07) is 0. The normalized spacial score (nSPS) is 12.2. The molecule has 0 aliphatic carbocycles. The van der Waals surface area contributed by atoms with Crippen molar-refractivity contribution in [3.05, 3.63) is 16.6 Å². The van der Waals surface area contributed by atoms with Gasteiger partial charge in [-0.3, -0.25) is 4.79 Å². The smallest absolute Gasteiger partial charge is 0.224 e. The van der Waals surface area contributed by atoms with E-state index < -0.39 is 0 Å². The first kappa shape index (κ1) is 16.1. The van der Waals surface area contributed by atoms with Crippen LogP contribution in [0.25, 0.3) is 0 Å². The fraction of sp³-hybridized carbons (Fsp3) is 0.583. The first-order valence-electron chi connectivity index (χ1n) is 6.24. The molecule has 1 aromatic heterocycles. The van der Waals surface area contributed by atoms with Crippen molar-refractivity contribution >= 4 is 34.8 Å². The molecule has 0 aliphatic heterocycles. The molecule has 19 heavy (non-hydrogen) atoms. The molecule has 0 saturated carbocycles. The number of nitrogens with one attached hydrogen (secondary N) is 1. The second kappa shape index (κ2) is 8.30. The van der Waals surface area contributed by atoms with Gasteiger partial charge in [0.15, 0.2) is 10.3 Å². The second-order valence-electron chi connectivity index (χ2n) is 4.27. The van der Waals surface area contributed by atoms with Crippen molar-refractivity contribution in [3.63, 3.8) is 0 Å². The third-order valence-electron chi connectivity index (χ3n) is 2.95. The maximum atomic E-state index is 11.8. The van der Waals surface area contributed by atoms with Crippen molar-refractivity contribution in [1.82, 2.24) is 9.97 Å². The van der Waals surface area contributed by atoms with Gasteiger partial charge in [-0.1, -0.05) is 36.5 Å². The van der Waals surface area contributed by atoms with Gasteiger partial charge in [0.25, 0.3) is 0 Å². The summed E-state index contributed by atoms with van der Waals surface area (Å²) in [5.74, 6) is 0.322. The zero-order valence-electron chi connectivity index (χ0n) is 10.8. The van der Waals surface area contributed by atoms with Gasteiger partial charge in [0.2, 0.25) is 5.91 Å². The molecule has 0 spiro atoms. The highest BCUT2D eigenvalue weighted by molar-refractivity contribution is 6.38. The van der Waals surface area contributed by atoms with Crippen molar-refractivity contribution in [1.29, 1.82) is 0 Å². The third-order valence-corrected chi connectivity index (χ3v) is 3.52. The van der Waals surface area contributed by atoms with Crippen molar-refractivity contribution < 1.29 is 4.79 Å². The average Bonchev–Trinajstić information content (AvgIpc) is 2.39. The van der Waals surface area contributed by atoms with Crippen LogP contribution in [0.1, 0.15) is 32.6 Å². The Morgan fingerprint density at radius 1 is 1.37 bits per heavy atom. The lowest BCUT2D eigenvalue weighted by molar-refractivity contribution is -0.116. The topological polar surface area (TPSA) is 80.9 Å². The summed E-state index contributed by atoms with van der Waals surface area (Å²) in [6.07, 6.45) is 4.39. The summed E-state index contributed by atoms with van der Waals surface area (Å²) >= 11 is 11.7. The molecular formula is C12H18Cl2N4O. The van der Waals surface area contributed by atoms with Crippen molar-refractivity contribution in [2.24, 2.45) is 11.7 Å². The van der Waals surface area contributed by atoms with Crippen molar-refractivity contribution in [3.8, 4) is 0 Å². The average molecular weight is 305 g/mol. The fourth-order valence-electron chi connectivity index (χ4n) is 1.77. The number of aromatic nitrogens is 2. The summed E-state index contributed by atoms with van der Waals surface area (Å²) < 4.78 is 0. The Balaban J connectivity index is 2.51. The van der Waals surface area contributed by atoms with E-state index in [1.54, 1.807) is 0 Å². The maximum Gasteiger partial charge on any atom is 0.224 e. The minimum absolute atomic E-state index is 0.141. The number of rotatable bonds is 7. The summed E-state index contributed by atoms with van der Waals surface area (Å²) in [6.45, 7) is 2.74. The zero-order valence-corrected chi connectivity index (χ0v) is 12.3. The molecule has 0 radical (unpaired) electrons. The van der Waals surface area contributed by atoms with Crippen LogP contribution < -0.4 is 11.1 Å². The second-order valence-corrected chi connectivity index (χ2v) is 4.98. The lowest BCUT2D eigenvalue weighted by Gasteiger charge is -2.13. The predicted octanol–water partition coefficient (Wildman–Crippen LogP) is 2.88. The summed E-state index contributed by atoms with van der Waals surface area (Å²) in [4.78, 5) is 19.4. The van der Waals surface area contributed by atoms with Crippen molar-refractivity contribution in [2.45, 2.75) is 32.6 Å². The molecule has 0 aromatic carbocycles. The van der Waals surface area contributed by atoms with E-state index in [0.29, 0.717) is 18.9 Å². The van der Waals surface area contributed by atoms with Crippen molar-refractivity contribution in [2.75, 3.05) is 11.9 Å². The summed E-state index contributed by atoms with van der Waals surface area (Å²) in [5.41, 5.74) is 5.79. The van der Waals surface area contributed by atoms with Crippen LogP contribution in [0.5, 0.6) is 0 Å². The Kier molecular flexibility index (Phi) is 7.05. The van der Waals surface area contributed by atoms with Gasteiger partial charge in [0, 0.05) is 6.42 Å². The Morgan fingerprint density at radius 2 is 2.00 bits per heavy atom. The van der Waals surface area contributed by atoms with E-state index in [1.807, 2.05) is 0 Å². The lowest BCUT2D eigenvalue weighted by atomic mass is 9.96. The number of halogens is 2. The highest BCUT2D eigenvalue weighted by Crippen LogP contribution is 2.26. The number of hydrogen-bond donors (Lipinski definition) is 2. The van der Waals surface area contributed by atoms with E-state index in [9.17, 15) is 4.79 Å². The highest BCUT2D eigenvalue weighted by atomic mass is 35.5. The molecule has 1 amide bonds. The fourth-order valence-corrected chi connectivity index (χ4v) is 2.18. The maximum absolute atomic E-state index is 11.8. The number of carbonyl (C=O) groups excluding carboxylic acids is 1. The lowest BCUT2D eigenvalue weighted by Crippen LogP contribution is -2.16. The number of nitrogens with zero attached hydrogens (tertiary/aromatic N) is 2. The van der Waals surface area contributed by atoms with Gasteiger partial charge < -0.3 is 11.1 Å². The molecule has 0 aliphatic rings. The van der Waals surface area contributed by atoms with E-state index in [0.717, 1.165) is 19.3 Å². The van der Waals surface area contributed by atoms with E-state index in [-0.39, 0.29) is 21.9 Å². The van der Waals surface area contributed by atoms with E-state index in [4.69, 9.17) is 28.9 Å². The molecule has 106 valence electrons. The van der Waals surface area contributed by atoms with Gasteiger partial charge in [-0.15, -0.1) is 0 Å². The van der Waals surface area contributed by atoms with Crippen LogP contribution in [-0.4, -0.2) is 22.4 Å². The summed E-state index contributed by atoms with van der Waals surface area (Å²) in [7, 11) is 0. The predicted molar refractivity (Wildman–Crippen MR) is 77.4 cm³/mol. The number of amides is 1. The standard InChI is InChI=1S/C12H18Cl2N4O/c1-2-8(5-6-15)3-4-9(19)18-10-11(13)16-7-17-12(10)14/h7-8H,2-6,15H2,1H3,(H,18,19). The zero-order chi connectivity index (χ0) is 14.3. The van der Waals surface area contributed by atoms with Crippen LogP contribution in [0.2, 0.25) is 10.3 Å². The number of carbonyl (C=O) groups is 1. The molecule has 1 aromatic rings. The number of anilines is 1. The molecule has 1 unspecified atom stereocenters. The van der Waals surface area contributed by atoms with E-state index in [1.165, 1.54) is 6.33 Å². The SMILES string of the molecule is CCC(CCN)CCC(=O)Nc1c(Cl)ncnc1Cl. The number of nitrogens with two attached hydrogens (primary N) is 1. The van der Waals surface area contributed by atoms with E-state index >= 15 is 0 Å². The largest absolute Gasteiger partial charge is 0.330 e. The number of hydrogen-bond acceptors (Lipinski definition) is 4. The van der Waals surface area contributed by atoms with Gasteiger partial charge in [-0.2, -0.15) is 0 Å². The highest BCUT2D eigenvalue weighted by Gasteiger charge is 2.13. The Labute approximate surface area is 122 Å². The molecule has 0 saturated heterocycles. The van der Waals surface area contributed by atoms with Crippen LogP contribution in [0, 0.1) is 5.92 Å². The van der Waals surface area contributed by atoms with Gasteiger partial charge in [-0.25, -0.2) is 9.97 Å². The first-order chi connectivity index (χ1) is 9.08. The molecule has 3 N–H and O–H groups in total. The molecule has 1 heterocycles. The Bertz CT molecular complexity index is 408. The minimum atomic E-state index is -0.144. The molecular weight excluding hydrogens is 287 g/mol. The molecule has 0 fully saturated rings. The van der Waals surface area contributed by atoms with Crippen LogP contribution in [0.15, 0.2) is 6.33 Å². The van der Waals surface area contributed by atoms with Crippen LogP contribution in [-0.2, 0) is 4.79 Å². The van der Waals surface area contributed by atoms with Crippen LogP contribution >= 0.6 is 23.2 Å². The molecule has 5 nitrogen and oxygen atoms in total. The molecule has 1 rings (SSSR count). The van der Waals surface area contributed by atoms with Crippen LogP contribution in [0.4, 0.5) is 5.69 Å². The van der Waals surface area contributed by atoms with Gasteiger partial charge >= 0.3 is 0 Å². The first-order valence-corrected chi connectivity index (χ1v) is 7.00.